The van der Waals surface area contributed by atoms with E-state index in [-0.39, 0.29) is 13.2 Å². The normalized spacial score (nSPS) is 13.2. The van der Waals surface area contributed by atoms with Gasteiger partial charge >= 0.3 is 6.09 Å². The van der Waals surface area contributed by atoms with Gasteiger partial charge < -0.3 is 20.3 Å². The Morgan fingerprint density at radius 2 is 1.76 bits per heavy atom. The largest absolute Gasteiger partial charge is 0.445 e. The first kappa shape index (κ1) is 19.2. The van der Waals surface area contributed by atoms with Crippen molar-refractivity contribution in [3.05, 3.63) is 69.7 Å². The van der Waals surface area contributed by atoms with Crippen LogP contribution in [0.4, 0.5) is 4.79 Å². The fourth-order valence-electron chi connectivity index (χ4n) is 2.45. The summed E-state index contributed by atoms with van der Waals surface area (Å²) in [5.41, 5.74) is 3.05. The van der Waals surface area contributed by atoms with Gasteiger partial charge in [0.1, 0.15) is 18.8 Å². The molecule has 0 aliphatic carbocycles. The summed E-state index contributed by atoms with van der Waals surface area (Å²) in [4.78, 5) is 11.7. The quantitative estimate of drug-likeness (QED) is 0.736. The van der Waals surface area contributed by atoms with Gasteiger partial charge in [0.15, 0.2) is 0 Å². The number of ether oxygens (including phenoxy) is 1. The van der Waals surface area contributed by atoms with Crippen LogP contribution < -0.4 is 5.32 Å². The highest BCUT2D eigenvalue weighted by molar-refractivity contribution is 6.32. The molecule has 2 rings (SSSR count). The van der Waals surface area contributed by atoms with Gasteiger partial charge in [-0.25, -0.2) is 4.79 Å². The minimum Gasteiger partial charge on any atom is -0.445 e. The molecule has 2 unspecified atom stereocenters. The second-order valence-corrected chi connectivity index (χ2v) is 6.30. The number of halogens is 1. The minimum atomic E-state index is -1.16. The number of carbonyl (C=O) groups excluding carboxylic acids is 1. The number of hydrogen-bond acceptors (Lipinski definition) is 4. The molecule has 0 heterocycles. The fourth-order valence-corrected chi connectivity index (χ4v) is 2.56. The van der Waals surface area contributed by atoms with Gasteiger partial charge in [-0.2, -0.15) is 0 Å². The van der Waals surface area contributed by atoms with Crippen molar-refractivity contribution >= 4 is 17.7 Å². The van der Waals surface area contributed by atoms with E-state index in [1.807, 2.05) is 44.2 Å². The van der Waals surface area contributed by atoms with Gasteiger partial charge in [-0.05, 0) is 36.1 Å². The SMILES string of the molecule is Cc1cc(C(O)C(O)CNC(=O)OCc2ccccc2)cc(C)c1Cl. The Balaban J connectivity index is 1.84. The van der Waals surface area contributed by atoms with E-state index < -0.39 is 18.3 Å². The van der Waals surface area contributed by atoms with E-state index in [9.17, 15) is 15.0 Å². The van der Waals surface area contributed by atoms with Crippen molar-refractivity contribution in [1.29, 1.82) is 0 Å². The van der Waals surface area contributed by atoms with E-state index in [1.54, 1.807) is 12.1 Å². The Morgan fingerprint density at radius 3 is 2.36 bits per heavy atom. The summed E-state index contributed by atoms with van der Waals surface area (Å²) in [6.45, 7) is 3.67. The van der Waals surface area contributed by atoms with Crippen LogP contribution in [0.25, 0.3) is 0 Å². The van der Waals surface area contributed by atoms with Gasteiger partial charge in [-0.15, -0.1) is 0 Å². The molecule has 0 fully saturated rings. The van der Waals surface area contributed by atoms with Crippen LogP contribution in [0.1, 0.15) is 28.4 Å². The van der Waals surface area contributed by atoms with Crippen LogP contribution in [0.3, 0.4) is 0 Å². The number of aliphatic hydroxyl groups excluding tert-OH is 2. The molecule has 25 heavy (non-hydrogen) atoms. The lowest BCUT2D eigenvalue weighted by Gasteiger charge is -2.20. The maximum Gasteiger partial charge on any atom is 0.407 e. The summed E-state index contributed by atoms with van der Waals surface area (Å²) < 4.78 is 5.06. The lowest BCUT2D eigenvalue weighted by atomic mass is 9.99. The molecule has 0 spiro atoms. The lowest BCUT2D eigenvalue weighted by Crippen LogP contribution is -2.35. The maximum absolute atomic E-state index is 11.7. The number of aryl methyl sites for hydroxylation is 2. The number of amides is 1. The second kappa shape index (κ2) is 8.85. The summed E-state index contributed by atoms with van der Waals surface area (Å²) in [6, 6.07) is 12.7. The molecule has 3 N–H and O–H groups in total. The molecule has 2 aromatic rings. The standard InChI is InChI=1S/C19H22ClNO4/c1-12-8-15(9-13(2)17(12)20)18(23)16(22)10-21-19(24)25-11-14-6-4-3-5-7-14/h3-9,16,18,22-23H,10-11H2,1-2H3,(H,21,24). The highest BCUT2D eigenvalue weighted by Gasteiger charge is 2.20. The molecular weight excluding hydrogens is 342 g/mol. The zero-order valence-electron chi connectivity index (χ0n) is 14.2. The number of alkyl carbamates (subject to hydrolysis) is 1. The van der Waals surface area contributed by atoms with Gasteiger partial charge in [0.05, 0.1) is 0 Å². The van der Waals surface area contributed by atoms with E-state index in [4.69, 9.17) is 16.3 Å². The molecule has 6 heteroatoms. The smallest absolute Gasteiger partial charge is 0.407 e. The van der Waals surface area contributed by atoms with Gasteiger partial charge in [-0.1, -0.05) is 54.1 Å². The third-order valence-corrected chi connectivity index (χ3v) is 4.43. The van der Waals surface area contributed by atoms with E-state index >= 15 is 0 Å². The van der Waals surface area contributed by atoms with E-state index in [0.717, 1.165) is 16.7 Å². The van der Waals surface area contributed by atoms with Gasteiger partial charge in [0.25, 0.3) is 0 Å². The Labute approximate surface area is 152 Å². The number of carbonyl (C=O) groups is 1. The lowest BCUT2D eigenvalue weighted by molar-refractivity contribution is 0.0183. The molecule has 1 amide bonds. The number of rotatable bonds is 6. The molecule has 0 aliphatic rings. The highest BCUT2D eigenvalue weighted by Crippen LogP contribution is 2.26. The zero-order valence-corrected chi connectivity index (χ0v) is 15.0. The van der Waals surface area contributed by atoms with E-state index in [1.165, 1.54) is 0 Å². The monoisotopic (exact) mass is 363 g/mol. The first-order chi connectivity index (χ1) is 11.9. The second-order valence-electron chi connectivity index (χ2n) is 5.92. The molecule has 0 aromatic heterocycles. The average Bonchev–Trinajstić information content (AvgIpc) is 2.62. The van der Waals surface area contributed by atoms with Gasteiger partial charge in [-0.3, -0.25) is 0 Å². The topological polar surface area (TPSA) is 78.8 Å². The summed E-state index contributed by atoms with van der Waals surface area (Å²) in [5, 5.41) is 23.4. The molecule has 2 atom stereocenters. The van der Waals surface area contributed by atoms with Crippen LogP contribution >= 0.6 is 11.6 Å². The van der Waals surface area contributed by atoms with Crippen LogP contribution in [-0.2, 0) is 11.3 Å². The Hall–Kier alpha value is -2.08. The van der Waals surface area contributed by atoms with Crippen molar-refractivity contribution in [2.45, 2.75) is 32.7 Å². The molecular formula is C19H22ClNO4. The third-order valence-electron chi connectivity index (χ3n) is 3.83. The Kier molecular flexibility index (Phi) is 6.82. The molecule has 5 nitrogen and oxygen atoms in total. The minimum absolute atomic E-state index is 0.129. The van der Waals surface area contributed by atoms with Crippen LogP contribution in [-0.4, -0.2) is 29.0 Å². The van der Waals surface area contributed by atoms with Gasteiger partial charge in [0, 0.05) is 11.6 Å². The van der Waals surface area contributed by atoms with E-state index in [2.05, 4.69) is 5.32 Å². The van der Waals surface area contributed by atoms with Gasteiger partial charge in [0.2, 0.25) is 0 Å². The summed E-state index contributed by atoms with van der Waals surface area (Å²) in [6.07, 6.45) is -2.95. The summed E-state index contributed by atoms with van der Waals surface area (Å²) >= 11 is 6.10. The predicted octanol–water partition coefficient (Wildman–Crippen LogP) is 3.28. The molecule has 2 aromatic carbocycles. The Bertz CT molecular complexity index is 698. The van der Waals surface area contributed by atoms with Crippen molar-refractivity contribution in [2.75, 3.05) is 6.54 Å². The van der Waals surface area contributed by atoms with Crippen molar-refractivity contribution < 1.29 is 19.7 Å². The predicted molar refractivity (Wildman–Crippen MR) is 96.5 cm³/mol. The number of benzene rings is 2. The molecule has 0 saturated heterocycles. The van der Waals surface area contributed by atoms with Crippen molar-refractivity contribution in [3.63, 3.8) is 0 Å². The number of aliphatic hydroxyl groups is 2. The summed E-state index contributed by atoms with van der Waals surface area (Å²) in [5.74, 6) is 0. The third kappa shape index (κ3) is 5.46. The maximum atomic E-state index is 11.7. The number of hydrogen-bond donors (Lipinski definition) is 3. The average molecular weight is 364 g/mol. The molecule has 0 saturated carbocycles. The summed E-state index contributed by atoms with van der Waals surface area (Å²) in [7, 11) is 0. The van der Waals surface area contributed by atoms with Crippen LogP contribution in [0.2, 0.25) is 5.02 Å². The first-order valence-electron chi connectivity index (χ1n) is 7.96. The molecule has 0 radical (unpaired) electrons. The highest BCUT2D eigenvalue weighted by atomic mass is 35.5. The van der Waals surface area contributed by atoms with Crippen LogP contribution in [0, 0.1) is 13.8 Å². The first-order valence-corrected chi connectivity index (χ1v) is 8.33. The van der Waals surface area contributed by atoms with Crippen LogP contribution in [0.15, 0.2) is 42.5 Å². The Morgan fingerprint density at radius 1 is 1.16 bits per heavy atom. The van der Waals surface area contributed by atoms with E-state index in [0.29, 0.717) is 10.6 Å². The number of nitrogens with one attached hydrogen (secondary N) is 1. The molecule has 0 aliphatic heterocycles. The van der Waals surface area contributed by atoms with Crippen molar-refractivity contribution in [2.24, 2.45) is 0 Å². The molecule has 134 valence electrons. The molecule has 0 bridgehead atoms. The zero-order chi connectivity index (χ0) is 18.4. The fraction of sp³-hybridized carbons (Fsp3) is 0.316. The van der Waals surface area contributed by atoms with Crippen molar-refractivity contribution in [3.8, 4) is 0 Å². The van der Waals surface area contributed by atoms with Crippen LogP contribution in [0.5, 0.6) is 0 Å². The van der Waals surface area contributed by atoms with Crippen molar-refractivity contribution in [1.82, 2.24) is 5.32 Å².